The molecule has 5 rings (SSSR count). The van der Waals surface area contributed by atoms with Gasteiger partial charge in [-0.25, -0.2) is 17.8 Å². The molecule has 38 heavy (non-hydrogen) atoms. The first-order valence-electron chi connectivity index (χ1n) is 13.2. The molecule has 202 valence electrons. The number of hydrogen-bond donors (Lipinski definition) is 1. The molecular formula is C29H35FN4O3S. The van der Waals surface area contributed by atoms with Crippen LogP contribution in [0.3, 0.4) is 0 Å². The molecule has 7 nitrogen and oxygen atoms in total. The van der Waals surface area contributed by atoms with Gasteiger partial charge in [-0.1, -0.05) is 5.57 Å². The van der Waals surface area contributed by atoms with Crippen LogP contribution in [0.15, 0.2) is 81.8 Å². The molecule has 2 heterocycles. The molecule has 9 heteroatoms. The van der Waals surface area contributed by atoms with Crippen LogP contribution in [0, 0.1) is 11.2 Å². The molecule has 2 aromatic carbocycles. The summed E-state index contributed by atoms with van der Waals surface area (Å²) in [5.41, 5.74) is 9.80. The van der Waals surface area contributed by atoms with Crippen molar-refractivity contribution in [2.45, 2.75) is 37.0 Å². The summed E-state index contributed by atoms with van der Waals surface area (Å²) in [6.07, 6.45) is 8.18. The van der Waals surface area contributed by atoms with Crippen LogP contribution in [0.2, 0.25) is 0 Å². The lowest BCUT2D eigenvalue weighted by Crippen LogP contribution is -2.51. The minimum atomic E-state index is -3.69. The van der Waals surface area contributed by atoms with Gasteiger partial charge in [-0.15, -0.1) is 0 Å². The predicted octanol–water partition coefficient (Wildman–Crippen LogP) is 4.79. The van der Waals surface area contributed by atoms with E-state index in [1.165, 1.54) is 37.6 Å². The van der Waals surface area contributed by atoms with E-state index < -0.39 is 15.4 Å². The van der Waals surface area contributed by atoms with Gasteiger partial charge in [0.05, 0.1) is 22.9 Å². The SMILES string of the molecule is COC[C@]12CC(=CN)C(=Nc3ccc(F)cc3)C=C1CCN(S(=O)(=O)c1ccc(N3CCCCC3)cc1)C2. The van der Waals surface area contributed by atoms with Crippen molar-refractivity contribution in [2.75, 3.05) is 44.8 Å². The van der Waals surface area contributed by atoms with Crippen molar-refractivity contribution in [1.29, 1.82) is 0 Å². The highest BCUT2D eigenvalue weighted by Gasteiger charge is 2.46. The number of allylic oxidation sites excluding steroid dienone is 2. The van der Waals surface area contributed by atoms with Gasteiger partial charge in [0.2, 0.25) is 10.0 Å². The van der Waals surface area contributed by atoms with E-state index in [-0.39, 0.29) is 5.82 Å². The average molecular weight is 539 g/mol. The third kappa shape index (κ3) is 5.28. The van der Waals surface area contributed by atoms with E-state index in [4.69, 9.17) is 15.5 Å². The molecule has 0 aromatic heterocycles. The van der Waals surface area contributed by atoms with Gasteiger partial charge in [0.1, 0.15) is 5.82 Å². The predicted molar refractivity (Wildman–Crippen MR) is 149 cm³/mol. The van der Waals surface area contributed by atoms with Gasteiger partial charge < -0.3 is 15.4 Å². The Labute approximate surface area is 224 Å². The molecule has 0 spiro atoms. The number of piperidine rings is 2. The molecule has 1 atom stereocenters. The second-order valence-electron chi connectivity index (χ2n) is 10.4. The largest absolute Gasteiger partial charge is 0.404 e. The maximum Gasteiger partial charge on any atom is 0.243 e. The number of rotatable bonds is 6. The zero-order valence-corrected chi connectivity index (χ0v) is 22.6. The summed E-state index contributed by atoms with van der Waals surface area (Å²) in [4.78, 5) is 7.33. The lowest BCUT2D eigenvalue weighted by Gasteiger charge is -2.46. The summed E-state index contributed by atoms with van der Waals surface area (Å²) in [6, 6.07) is 13.3. The van der Waals surface area contributed by atoms with Crippen molar-refractivity contribution in [2.24, 2.45) is 16.1 Å². The monoisotopic (exact) mass is 538 g/mol. The summed E-state index contributed by atoms with van der Waals surface area (Å²) in [5.74, 6) is -0.320. The summed E-state index contributed by atoms with van der Waals surface area (Å²) in [6.45, 7) is 3.05. The second kappa shape index (κ2) is 11.0. The maximum atomic E-state index is 13.7. The van der Waals surface area contributed by atoms with E-state index in [9.17, 15) is 12.8 Å². The Morgan fingerprint density at radius 1 is 1.05 bits per heavy atom. The Hall–Kier alpha value is -3.01. The van der Waals surface area contributed by atoms with E-state index in [1.54, 1.807) is 35.7 Å². The molecule has 0 bridgehead atoms. The van der Waals surface area contributed by atoms with Crippen molar-refractivity contribution in [3.05, 3.63) is 77.8 Å². The van der Waals surface area contributed by atoms with Crippen molar-refractivity contribution < 1.29 is 17.5 Å². The van der Waals surface area contributed by atoms with Gasteiger partial charge in [0, 0.05) is 44.4 Å². The van der Waals surface area contributed by atoms with E-state index in [2.05, 4.69) is 4.90 Å². The molecule has 2 aliphatic heterocycles. The molecule has 0 unspecified atom stereocenters. The van der Waals surface area contributed by atoms with Crippen LogP contribution >= 0.6 is 0 Å². The zero-order valence-electron chi connectivity index (χ0n) is 21.8. The van der Waals surface area contributed by atoms with E-state index in [0.29, 0.717) is 48.8 Å². The number of aliphatic imine (C=N–C) groups is 1. The number of sulfonamides is 1. The Balaban J connectivity index is 1.42. The lowest BCUT2D eigenvalue weighted by atomic mass is 9.68. The number of nitrogens with zero attached hydrogens (tertiary/aromatic N) is 3. The first-order chi connectivity index (χ1) is 18.3. The number of benzene rings is 2. The fraction of sp³-hybridized carbons (Fsp3) is 0.414. The van der Waals surface area contributed by atoms with Gasteiger partial charge in [-0.05, 0) is 98.5 Å². The minimum absolute atomic E-state index is 0.296. The van der Waals surface area contributed by atoms with E-state index in [1.807, 2.05) is 18.2 Å². The minimum Gasteiger partial charge on any atom is -0.404 e. The average Bonchev–Trinajstić information content (AvgIpc) is 2.94. The van der Waals surface area contributed by atoms with Gasteiger partial charge in [0.15, 0.2) is 0 Å². The number of hydrogen-bond acceptors (Lipinski definition) is 6. The molecule has 2 N–H and O–H groups in total. The molecule has 0 amide bonds. The number of anilines is 1. The standard InChI is InChI=1S/C29H35FN4O3S/c1-37-21-29-18-22(19-31)28(32-25-7-5-24(30)6-8-25)17-23(29)13-16-34(20-29)38(35,36)27-11-9-26(10-12-27)33-14-3-2-4-15-33/h5-12,17,19H,2-4,13-16,18,20-21,31H2,1H3/t29-/m1/s1. The molecule has 2 saturated heterocycles. The van der Waals surface area contributed by atoms with Crippen molar-refractivity contribution >= 4 is 27.1 Å². The van der Waals surface area contributed by atoms with Crippen LogP contribution in [0.5, 0.6) is 0 Å². The molecule has 2 aromatic rings. The van der Waals surface area contributed by atoms with Crippen molar-refractivity contribution in [3.63, 3.8) is 0 Å². The number of fused-ring (bicyclic) bond motifs is 1. The van der Waals surface area contributed by atoms with Crippen LogP contribution < -0.4 is 10.6 Å². The second-order valence-corrected chi connectivity index (χ2v) is 12.3. The topological polar surface area (TPSA) is 88.2 Å². The molecular weight excluding hydrogens is 503 g/mol. The summed E-state index contributed by atoms with van der Waals surface area (Å²) >= 11 is 0. The summed E-state index contributed by atoms with van der Waals surface area (Å²) in [7, 11) is -2.06. The first kappa shape index (κ1) is 26.6. The third-order valence-corrected chi connectivity index (χ3v) is 9.71. The van der Waals surface area contributed by atoms with Crippen LogP contribution in [0.1, 0.15) is 32.1 Å². The molecule has 0 saturated carbocycles. The fourth-order valence-corrected chi connectivity index (χ4v) is 7.37. The first-order valence-corrected chi connectivity index (χ1v) is 14.6. The maximum absolute atomic E-state index is 13.7. The smallest absolute Gasteiger partial charge is 0.243 e. The Kier molecular flexibility index (Phi) is 7.70. The lowest BCUT2D eigenvalue weighted by molar-refractivity contribution is 0.0734. The summed E-state index contributed by atoms with van der Waals surface area (Å²) < 4.78 is 48.1. The normalized spacial score (nSPS) is 24.9. The van der Waals surface area contributed by atoms with E-state index in [0.717, 1.165) is 29.9 Å². The summed E-state index contributed by atoms with van der Waals surface area (Å²) in [5, 5.41) is 0. The third-order valence-electron chi connectivity index (χ3n) is 7.85. The molecule has 1 aliphatic carbocycles. The van der Waals surface area contributed by atoms with Gasteiger partial charge >= 0.3 is 0 Å². The van der Waals surface area contributed by atoms with E-state index >= 15 is 0 Å². The van der Waals surface area contributed by atoms with Crippen molar-refractivity contribution in [3.8, 4) is 0 Å². The van der Waals surface area contributed by atoms with Crippen molar-refractivity contribution in [1.82, 2.24) is 4.31 Å². The Bertz CT molecular complexity index is 1350. The Morgan fingerprint density at radius 2 is 1.76 bits per heavy atom. The highest BCUT2D eigenvalue weighted by molar-refractivity contribution is 7.89. The number of methoxy groups -OCH3 is 1. The fourth-order valence-electron chi connectivity index (χ4n) is 5.84. The van der Waals surface area contributed by atoms with Crippen LogP contribution in [0.25, 0.3) is 0 Å². The number of nitrogens with two attached hydrogens (primary N) is 1. The molecule has 2 fully saturated rings. The molecule has 0 radical (unpaired) electrons. The molecule has 3 aliphatic rings. The Morgan fingerprint density at radius 3 is 2.42 bits per heavy atom. The highest BCUT2D eigenvalue weighted by atomic mass is 32.2. The number of ether oxygens (including phenoxy) is 1. The number of halogens is 1. The van der Waals surface area contributed by atoms with Gasteiger partial charge in [-0.3, -0.25) is 0 Å². The van der Waals surface area contributed by atoms with Gasteiger partial charge in [0.25, 0.3) is 0 Å². The van der Waals surface area contributed by atoms with Gasteiger partial charge in [-0.2, -0.15) is 4.31 Å². The van der Waals surface area contributed by atoms with Crippen LogP contribution in [-0.4, -0.2) is 58.3 Å². The zero-order chi connectivity index (χ0) is 26.8. The van der Waals surface area contributed by atoms with Crippen LogP contribution in [0.4, 0.5) is 15.8 Å². The van der Waals surface area contributed by atoms with Crippen LogP contribution in [-0.2, 0) is 14.8 Å². The highest BCUT2D eigenvalue weighted by Crippen LogP contribution is 2.46. The quantitative estimate of drug-likeness (QED) is 0.572.